The third-order valence-electron chi connectivity index (χ3n) is 3.55. The van der Waals surface area contributed by atoms with Gasteiger partial charge in [0.2, 0.25) is 5.91 Å². The molecule has 128 valence electrons. The highest BCUT2D eigenvalue weighted by Gasteiger charge is 2.13. The fraction of sp³-hybridized carbons (Fsp3) is 0.333. The van der Waals surface area contributed by atoms with Crippen molar-refractivity contribution in [1.82, 2.24) is 14.7 Å². The Hall–Kier alpha value is -2.44. The number of aliphatic hydroxyl groups excluding tert-OH is 1. The van der Waals surface area contributed by atoms with E-state index >= 15 is 0 Å². The summed E-state index contributed by atoms with van der Waals surface area (Å²) in [7, 11) is 0. The molecule has 1 aromatic carbocycles. The van der Waals surface area contributed by atoms with Gasteiger partial charge in [-0.05, 0) is 26.0 Å². The van der Waals surface area contributed by atoms with Gasteiger partial charge < -0.3 is 10.4 Å². The molecule has 0 saturated heterocycles. The number of nitrogens with zero attached hydrogens (tertiary/aromatic N) is 3. The second-order valence-corrected chi connectivity index (χ2v) is 5.71. The Morgan fingerprint density at radius 3 is 2.71 bits per heavy atom. The number of carbonyl (C=O) groups is 1. The van der Waals surface area contributed by atoms with Gasteiger partial charge in [0.15, 0.2) is 0 Å². The predicted octanol–water partition coefficient (Wildman–Crippen LogP) is 1.91. The minimum Gasteiger partial charge on any atom is -0.395 e. The topological polar surface area (TPSA) is 70.4 Å². The number of carbonyl (C=O) groups excluding carboxylic acids is 1. The second kappa shape index (κ2) is 8.42. The standard InChI is InChI=1S/C18H24N4O2/c1-4-9-21(10-11-23)13-18(24)19-17-12-15(3)20-22(17)16-7-5-14(2)6-8-16/h4-8,12,23H,1,9-11,13H2,2-3H3,(H,19,24). The Morgan fingerprint density at radius 1 is 1.38 bits per heavy atom. The molecular weight excluding hydrogens is 304 g/mol. The molecule has 0 radical (unpaired) electrons. The molecule has 0 aliphatic rings. The molecule has 0 aliphatic carbocycles. The Balaban J connectivity index is 2.13. The third-order valence-corrected chi connectivity index (χ3v) is 3.55. The molecule has 0 saturated carbocycles. The lowest BCUT2D eigenvalue weighted by molar-refractivity contribution is -0.117. The number of aryl methyl sites for hydroxylation is 2. The summed E-state index contributed by atoms with van der Waals surface area (Å²) in [5, 5.41) is 16.4. The minimum atomic E-state index is -0.154. The van der Waals surface area contributed by atoms with Crippen LogP contribution in [0.2, 0.25) is 0 Å². The first kappa shape index (κ1) is 17.9. The Morgan fingerprint density at radius 2 is 2.08 bits per heavy atom. The van der Waals surface area contributed by atoms with Crippen LogP contribution in [-0.2, 0) is 4.79 Å². The summed E-state index contributed by atoms with van der Waals surface area (Å²) < 4.78 is 1.72. The monoisotopic (exact) mass is 328 g/mol. The molecule has 6 heteroatoms. The van der Waals surface area contributed by atoms with E-state index in [2.05, 4.69) is 17.0 Å². The summed E-state index contributed by atoms with van der Waals surface area (Å²) in [5.74, 6) is 0.475. The first-order valence-electron chi connectivity index (χ1n) is 7.91. The minimum absolute atomic E-state index is 0.00152. The molecule has 1 amide bonds. The quantitative estimate of drug-likeness (QED) is 0.726. The summed E-state index contributed by atoms with van der Waals surface area (Å²) in [4.78, 5) is 14.1. The zero-order valence-corrected chi connectivity index (χ0v) is 14.2. The Labute approximate surface area is 142 Å². The second-order valence-electron chi connectivity index (χ2n) is 5.71. The molecule has 24 heavy (non-hydrogen) atoms. The van der Waals surface area contributed by atoms with E-state index in [9.17, 15) is 4.79 Å². The van der Waals surface area contributed by atoms with Gasteiger partial charge in [-0.15, -0.1) is 6.58 Å². The van der Waals surface area contributed by atoms with Gasteiger partial charge in [-0.25, -0.2) is 4.68 Å². The van der Waals surface area contributed by atoms with E-state index in [0.29, 0.717) is 18.9 Å². The van der Waals surface area contributed by atoms with Gasteiger partial charge in [-0.3, -0.25) is 9.69 Å². The van der Waals surface area contributed by atoms with Crippen molar-refractivity contribution in [2.45, 2.75) is 13.8 Å². The van der Waals surface area contributed by atoms with Crippen LogP contribution >= 0.6 is 0 Å². The van der Waals surface area contributed by atoms with Gasteiger partial charge in [-0.2, -0.15) is 5.10 Å². The molecule has 1 heterocycles. The molecule has 0 unspecified atom stereocenters. The van der Waals surface area contributed by atoms with E-state index in [0.717, 1.165) is 16.9 Å². The Bertz CT molecular complexity index is 692. The zero-order valence-electron chi connectivity index (χ0n) is 14.2. The number of nitrogens with one attached hydrogen (secondary N) is 1. The number of aromatic nitrogens is 2. The van der Waals surface area contributed by atoms with Crippen molar-refractivity contribution in [2.75, 3.05) is 31.6 Å². The zero-order chi connectivity index (χ0) is 17.5. The van der Waals surface area contributed by atoms with E-state index < -0.39 is 0 Å². The summed E-state index contributed by atoms with van der Waals surface area (Å²) in [6, 6.07) is 9.78. The van der Waals surface area contributed by atoms with Crippen molar-refractivity contribution in [3.8, 4) is 5.69 Å². The lowest BCUT2D eigenvalue weighted by atomic mass is 10.2. The highest BCUT2D eigenvalue weighted by Crippen LogP contribution is 2.17. The van der Waals surface area contributed by atoms with Crippen molar-refractivity contribution in [2.24, 2.45) is 0 Å². The van der Waals surface area contributed by atoms with E-state index in [1.54, 1.807) is 10.8 Å². The Kier molecular flexibility index (Phi) is 6.28. The van der Waals surface area contributed by atoms with E-state index in [-0.39, 0.29) is 19.1 Å². The molecule has 2 rings (SSSR count). The van der Waals surface area contributed by atoms with Crippen LogP contribution in [0.1, 0.15) is 11.3 Å². The maximum Gasteiger partial charge on any atom is 0.239 e. The normalized spacial score (nSPS) is 10.8. The summed E-state index contributed by atoms with van der Waals surface area (Å²) in [6.45, 7) is 8.74. The van der Waals surface area contributed by atoms with E-state index in [1.165, 1.54) is 0 Å². The molecule has 6 nitrogen and oxygen atoms in total. The molecule has 0 fully saturated rings. The van der Waals surface area contributed by atoms with Crippen LogP contribution in [-0.4, -0.2) is 51.9 Å². The highest BCUT2D eigenvalue weighted by molar-refractivity contribution is 5.91. The number of amides is 1. The van der Waals surface area contributed by atoms with Gasteiger partial charge in [0.1, 0.15) is 5.82 Å². The fourth-order valence-electron chi connectivity index (χ4n) is 2.42. The number of anilines is 1. The van der Waals surface area contributed by atoms with Crippen molar-refractivity contribution < 1.29 is 9.90 Å². The smallest absolute Gasteiger partial charge is 0.239 e. The molecule has 1 aromatic heterocycles. The predicted molar refractivity (Wildman–Crippen MR) is 95.4 cm³/mol. The molecule has 0 bridgehead atoms. The van der Waals surface area contributed by atoms with Crippen LogP contribution < -0.4 is 5.32 Å². The van der Waals surface area contributed by atoms with Crippen LogP contribution in [0, 0.1) is 13.8 Å². The first-order chi connectivity index (χ1) is 11.5. The SMILES string of the molecule is C=CCN(CCO)CC(=O)Nc1cc(C)nn1-c1ccc(C)cc1. The molecule has 2 aromatic rings. The first-order valence-corrected chi connectivity index (χ1v) is 7.91. The van der Waals surface area contributed by atoms with Crippen LogP contribution in [0.3, 0.4) is 0 Å². The number of hydrogen-bond acceptors (Lipinski definition) is 4. The van der Waals surface area contributed by atoms with Crippen molar-refractivity contribution in [3.63, 3.8) is 0 Å². The lowest BCUT2D eigenvalue weighted by Gasteiger charge is -2.18. The van der Waals surface area contributed by atoms with Crippen molar-refractivity contribution in [1.29, 1.82) is 0 Å². The van der Waals surface area contributed by atoms with Crippen molar-refractivity contribution in [3.05, 3.63) is 54.2 Å². The van der Waals surface area contributed by atoms with Gasteiger partial charge in [0, 0.05) is 19.2 Å². The number of hydrogen-bond donors (Lipinski definition) is 2. The van der Waals surface area contributed by atoms with Crippen LogP contribution in [0.4, 0.5) is 5.82 Å². The fourth-order valence-corrected chi connectivity index (χ4v) is 2.42. The molecule has 0 spiro atoms. The number of aliphatic hydroxyl groups is 1. The number of benzene rings is 1. The van der Waals surface area contributed by atoms with E-state index in [1.807, 2.05) is 49.1 Å². The lowest BCUT2D eigenvalue weighted by Crippen LogP contribution is -2.35. The van der Waals surface area contributed by atoms with Crippen LogP contribution in [0.15, 0.2) is 43.0 Å². The molecule has 2 N–H and O–H groups in total. The van der Waals surface area contributed by atoms with Crippen molar-refractivity contribution >= 4 is 11.7 Å². The van der Waals surface area contributed by atoms with Gasteiger partial charge in [-0.1, -0.05) is 23.8 Å². The third kappa shape index (κ3) is 4.78. The summed E-state index contributed by atoms with van der Waals surface area (Å²) in [5.41, 5.74) is 2.88. The maximum atomic E-state index is 12.3. The summed E-state index contributed by atoms with van der Waals surface area (Å²) in [6.07, 6.45) is 1.71. The summed E-state index contributed by atoms with van der Waals surface area (Å²) >= 11 is 0. The molecule has 0 aliphatic heterocycles. The van der Waals surface area contributed by atoms with Crippen LogP contribution in [0.25, 0.3) is 5.69 Å². The average molecular weight is 328 g/mol. The van der Waals surface area contributed by atoms with Gasteiger partial charge in [0.25, 0.3) is 0 Å². The molecular formula is C18H24N4O2. The molecule has 0 atom stereocenters. The maximum absolute atomic E-state index is 12.3. The largest absolute Gasteiger partial charge is 0.395 e. The van der Waals surface area contributed by atoms with Gasteiger partial charge in [0.05, 0.1) is 24.5 Å². The van der Waals surface area contributed by atoms with Gasteiger partial charge >= 0.3 is 0 Å². The average Bonchev–Trinajstić information content (AvgIpc) is 2.89. The highest BCUT2D eigenvalue weighted by atomic mass is 16.3. The van der Waals surface area contributed by atoms with Crippen LogP contribution in [0.5, 0.6) is 0 Å². The number of rotatable bonds is 8. The van der Waals surface area contributed by atoms with E-state index in [4.69, 9.17) is 5.11 Å².